The first-order chi connectivity index (χ1) is 9.06. The molecule has 2 heterocycles. The van der Waals surface area contributed by atoms with Gasteiger partial charge in [0, 0.05) is 31.5 Å². The summed E-state index contributed by atoms with van der Waals surface area (Å²) in [6.45, 7) is 0.207. The number of nitrogens with zero attached hydrogens (tertiary/aromatic N) is 2. The van der Waals surface area contributed by atoms with Gasteiger partial charge in [0.2, 0.25) is 0 Å². The lowest BCUT2D eigenvalue weighted by atomic mass is 10.5. The van der Waals surface area contributed by atoms with E-state index >= 15 is 0 Å². The first-order valence-electron chi connectivity index (χ1n) is 5.31. The second-order valence-electron chi connectivity index (χ2n) is 3.58. The number of rotatable bonds is 4. The fourth-order valence-electron chi connectivity index (χ4n) is 1.42. The third kappa shape index (κ3) is 3.24. The summed E-state index contributed by atoms with van der Waals surface area (Å²) < 4.78 is 36.3. The number of hydrogen-bond acceptors (Lipinski definition) is 7. The zero-order valence-electron chi connectivity index (χ0n) is 10.4. The number of sulfonamides is 1. The van der Waals surface area contributed by atoms with E-state index in [0.717, 1.165) is 0 Å². The number of aromatic nitrogens is 1. The lowest BCUT2D eigenvalue weighted by Crippen LogP contribution is -2.33. The van der Waals surface area contributed by atoms with Crippen LogP contribution >= 0.6 is 11.8 Å². The molecule has 0 aromatic carbocycles. The second kappa shape index (κ2) is 5.87. The van der Waals surface area contributed by atoms with Crippen LogP contribution in [0.4, 0.5) is 0 Å². The number of ether oxygens (including phenoxy) is 2. The predicted molar refractivity (Wildman–Crippen MR) is 70.5 cm³/mol. The molecular formula is C10H13N3O4S2. The molecular weight excluding hydrogens is 290 g/mol. The molecule has 0 bridgehead atoms. The number of pyridine rings is 1. The molecule has 1 N–H and O–H groups in total. The monoisotopic (exact) mass is 303 g/mol. The van der Waals surface area contributed by atoms with Crippen LogP contribution in [0.5, 0.6) is 0 Å². The standard InChI is InChI=1S/C10H13N3O4S2/c1-16-9(17-2)6-12-10-13-19(14,15)8-5-11-4-3-7(8)18-10/h3-5,9H,6H2,1-2H3,(H,12,13). The molecule has 0 spiro atoms. The SMILES string of the molecule is COC(CN=C1NS(=O)(=O)c2cnccc2S1)OC. The van der Waals surface area contributed by atoms with Crippen molar-refractivity contribution < 1.29 is 17.9 Å². The van der Waals surface area contributed by atoms with E-state index in [4.69, 9.17) is 9.47 Å². The molecule has 0 unspecified atom stereocenters. The van der Waals surface area contributed by atoms with Crippen molar-refractivity contribution in [2.24, 2.45) is 4.99 Å². The molecule has 1 aromatic heterocycles. The lowest BCUT2D eigenvalue weighted by Gasteiger charge is -2.19. The Morgan fingerprint density at radius 2 is 2.21 bits per heavy atom. The molecule has 0 saturated heterocycles. The van der Waals surface area contributed by atoms with E-state index in [1.54, 1.807) is 6.07 Å². The molecule has 9 heteroatoms. The number of hydrogen-bond donors (Lipinski definition) is 1. The number of thioether (sulfide) groups is 1. The molecule has 7 nitrogen and oxygen atoms in total. The van der Waals surface area contributed by atoms with Gasteiger partial charge < -0.3 is 9.47 Å². The molecule has 0 radical (unpaired) electrons. The molecule has 0 atom stereocenters. The zero-order chi connectivity index (χ0) is 13.9. The van der Waals surface area contributed by atoms with E-state index in [9.17, 15) is 8.42 Å². The Labute approximate surface area is 115 Å². The van der Waals surface area contributed by atoms with Crippen LogP contribution in [0.25, 0.3) is 0 Å². The van der Waals surface area contributed by atoms with Crippen LogP contribution in [-0.2, 0) is 19.5 Å². The van der Waals surface area contributed by atoms with E-state index in [1.807, 2.05) is 0 Å². The minimum Gasteiger partial charge on any atom is -0.354 e. The summed E-state index contributed by atoms with van der Waals surface area (Å²) in [6.07, 6.45) is 2.35. The van der Waals surface area contributed by atoms with Crippen molar-refractivity contribution in [3.63, 3.8) is 0 Å². The van der Waals surface area contributed by atoms with Crippen molar-refractivity contribution in [3.8, 4) is 0 Å². The molecule has 1 aliphatic heterocycles. The fourth-order valence-corrected chi connectivity index (χ4v) is 3.93. The molecule has 1 aromatic rings. The Hall–Kier alpha value is -1.16. The van der Waals surface area contributed by atoms with E-state index < -0.39 is 16.3 Å². The van der Waals surface area contributed by atoms with Gasteiger partial charge in [0.1, 0.15) is 4.90 Å². The van der Waals surface area contributed by atoms with Crippen LogP contribution in [0.2, 0.25) is 0 Å². The van der Waals surface area contributed by atoms with Gasteiger partial charge in [-0.15, -0.1) is 0 Å². The number of fused-ring (bicyclic) bond motifs is 1. The van der Waals surface area contributed by atoms with Crippen LogP contribution in [-0.4, -0.2) is 45.6 Å². The molecule has 104 valence electrons. The molecule has 0 aliphatic carbocycles. The van der Waals surface area contributed by atoms with Gasteiger partial charge in [-0.1, -0.05) is 11.8 Å². The van der Waals surface area contributed by atoms with Crippen molar-refractivity contribution >= 4 is 27.0 Å². The maximum absolute atomic E-state index is 12.0. The van der Waals surface area contributed by atoms with Gasteiger partial charge in [0.25, 0.3) is 10.0 Å². The highest BCUT2D eigenvalue weighted by atomic mass is 32.2. The van der Waals surface area contributed by atoms with Gasteiger partial charge in [0.15, 0.2) is 11.5 Å². The van der Waals surface area contributed by atoms with Gasteiger partial charge in [-0.05, 0) is 6.07 Å². The van der Waals surface area contributed by atoms with Crippen LogP contribution in [0, 0.1) is 0 Å². The van der Waals surface area contributed by atoms with Crippen molar-refractivity contribution in [1.82, 2.24) is 9.71 Å². The van der Waals surface area contributed by atoms with Crippen LogP contribution < -0.4 is 4.72 Å². The summed E-state index contributed by atoms with van der Waals surface area (Å²) >= 11 is 1.23. The summed E-state index contributed by atoms with van der Waals surface area (Å²) in [5, 5.41) is 0.290. The van der Waals surface area contributed by atoms with Gasteiger partial charge in [-0.25, -0.2) is 8.42 Å². The van der Waals surface area contributed by atoms with Crippen molar-refractivity contribution in [2.75, 3.05) is 20.8 Å². The summed E-state index contributed by atoms with van der Waals surface area (Å²) in [5.74, 6) is 0. The second-order valence-corrected chi connectivity index (χ2v) is 6.26. The predicted octanol–water partition coefficient (Wildman–Crippen LogP) is 0.440. The van der Waals surface area contributed by atoms with Gasteiger partial charge >= 0.3 is 0 Å². The van der Waals surface area contributed by atoms with Crippen LogP contribution in [0.1, 0.15) is 0 Å². The first kappa shape index (κ1) is 14.3. The average molecular weight is 303 g/mol. The van der Waals surface area contributed by atoms with Gasteiger partial charge in [-0.3, -0.25) is 14.7 Å². The first-order valence-corrected chi connectivity index (χ1v) is 7.61. The minimum absolute atomic E-state index is 0.161. The molecule has 1 aliphatic rings. The lowest BCUT2D eigenvalue weighted by molar-refractivity contribution is -0.0936. The van der Waals surface area contributed by atoms with Gasteiger partial charge in [-0.2, -0.15) is 0 Å². The Kier molecular flexibility index (Phi) is 4.40. The number of nitrogens with one attached hydrogen (secondary N) is 1. The number of methoxy groups -OCH3 is 2. The minimum atomic E-state index is -3.60. The Bertz CT molecular complexity index is 584. The summed E-state index contributed by atoms with van der Waals surface area (Å²) in [7, 11) is -0.611. The maximum Gasteiger partial charge on any atom is 0.266 e. The fraction of sp³-hybridized carbons (Fsp3) is 0.400. The van der Waals surface area contributed by atoms with Crippen molar-refractivity contribution in [3.05, 3.63) is 18.5 Å². The topological polar surface area (TPSA) is 89.9 Å². The van der Waals surface area contributed by atoms with Crippen LogP contribution in [0.15, 0.2) is 33.2 Å². The molecule has 0 saturated carbocycles. The highest BCUT2D eigenvalue weighted by Crippen LogP contribution is 2.30. The van der Waals surface area contributed by atoms with Crippen molar-refractivity contribution in [2.45, 2.75) is 16.1 Å². The smallest absolute Gasteiger partial charge is 0.266 e. The van der Waals surface area contributed by atoms with E-state index in [-0.39, 0.29) is 16.6 Å². The zero-order valence-corrected chi connectivity index (χ0v) is 12.0. The summed E-state index contributed by atoms with van der Waals surface area (Å²) in [5.41, 5.74) is 0. The Balaban J connectivity index is 2.23. The van der Waals surface area contributed by atoms with E-state index in [2.05, 4.69) is 14.7 Å². The normalized spacial score (nSPS) is 19.2. The van der Waals surface area contributed by atoms with Gasteiger partial charge in [0.05, 0.1) is 6.54 Å². The highest BCUT2D eigenvalue weighted by molar-refractivity contribution is 8.16. The van der Waals surface area contributed by atoms with Crippen molar-refractivity contribution in [1.29, 1.82) is 0 Å². The molecule has 0 fully saturated rings. The molecule has 19 heavy (non-hydrogen) atoms. The largest absolute Gasteiger partial charge is 0.354 e. The molecule has 2 rings (SSSR count). The van der Waals surface area contributed by atoms with E-state index in [0.29, 0.717) is 4.90 Å². The van der Waals surface area contributed by atoms with Crippen LogP contribution in [0.3, 0.4) is 0 Å². The van der Waals surface area contributed by atoms with E-state index in [1.165, 1.54) is 38.4 Å². The summed E-state index contributed by atoms with van der Waals surface area (Å²) in [4.78, 5) is 8.70. The molecule has 0 amide bonds. The third-order valence-electron chi connectivity index (χ3n) is 2.37. The Morgan fingerprint density at radius 3 is 2.89 bits per heavy atom. The maximum atomic E-state index is 12.0. The Morgan fingerprint density at radius 1 is 1.47 bits per heavy atom. The number of aliphatic imine (C=N–C) groups is 1. The quantitative estimate of drug-likeness (QED) is 0.812. The number of amidine groups is 1. The average Bonchev–Trinajstić information content (AvgIpc) is 2.39. The summed E-state index contributed by atoms with van der Waals surface area (Å²) in [6, 6.07) is 1.64. The third-order valence-corrected chi connectivity index (χ3v) is 5.00. The highest BCUT2D eigenvalue weighted by Gasteiger charge is 2.27.